The van der Waals surface area contributed by atoms with Crippen LogP contribution in [0.15, 0.2) is 12.2 Å². The number of carbonyl (C=O) groups excluding carboxylic acids is 1. The van der Waals surface area contributed by atoms with Crippen molar-refractivity contribution in [1.82, 2.24) is 0 Å². The van der Waals surface area contributed by atoms with Gasteiger partial charge in [-0.1, -0.05) is 194 Å². The van der Waals surface area contributed by atoms with Crippen molar-refractivity contribution >= 4 is 5.97 Å². The molecule has 0 unspecified atom stereocenters. The Labute approximate surface area is 240 Å². The predicted octanol–water partition coefficient (Wildman–Crippen LogP) is 12.8. The van der Waals surface area contributed by atoms with Crippen LogP contribution in [0.5, 0.6) is 0 Å². The van der Waals surface area contributed by atoms with Gasteiger partial charge in [-0.05, 0) is 19.3 Å². The quantitative estimate of drug-likeness (QED) is 0.0487. The van der Waals surface area contributed by atoms with Crippen molar-refractivity contribution in [3.63, 3.8) is 0 Å². The Morgan fingerprint density at radius 3 is 1.00 bits per heavy atom. The first-order chi connectivity index (χ1) is 18.7. The first kappa shape index (κ1) is 37.2. The smallest absolute Gasteiger partial charge is 0.333 e. The first-order valence-electron chi connectivity index (χ1n) is 17.6. The summed E-state index contributed by atoms with van der Waals surface area (Å²) in [7, 11) is 0. The van der Waals surface area contributed by atoms with E-state index >= 15 is 0 Å². The maximum Gasteiger partial charge on any atom is 0.333 e. The Bertz CT molecular complexity index is 440. The molecule has 0 aromatic carbocycles. The van der Waals surface area contributed by atoms with Gasteiger partial charge in [0.15, 0.2) is 0 Å². The highest BCUT2D eigenvalue weighted by molar-refractivity contribution is 5.87. The van der Waals surface area contributed by atoms with Gasteiger partial charge < -0.3 is 4.74 Å². The topological polar surface area (TPSA) is 26.3 Å². The van der Waals surface area contributed by atoms with E-state index in [-0.39, 0.29) is 5.97 Å². The summed E-state index contributed by atoms with van der Waals surface area (Å²) in [5.74, 6) is -0.162. The molecule has 2 nitrogen and oxygen atoms in total. The van der Waals surface area contributed by atoms with Crippen LogP contribution in [0.3, 0.4) is 0 Å². The lowest BCUT2D eigenvalue weighted by molar-refractivity contribution is -0.139. The SMILES string of the molecule is C=C(CCCCCCCCCCCCCCCCC)C(=O)OCCCCCCCCCCCCCCCC. The van der Waals surface area contributed by atoms with E-state index in [4.69, 9.17) is 4.74 Å². The summed E-state index contributed by atoms with van der Waals surface area (Å²) in [6.45, 7) is 9.11. The summed E-state index contributed by atoms with van der Waals surface area (Å²) < 4.78 is 5.45. The number of ether oxygens (including phenoxy) is 1. The van der Waals surface area contributed by atoms with Crippen LogP contribution in [0, 0.1) is 0 Å². The van der Waals surface area contributed by atoms with Gasteiger partial charge in [0.1, 0.15) is 0 Å². The maximum absolute atomic E-state index is 12.1. The molecule has 0 aromatic heterocycles. The zero-order valence-electron chi connectivity index (χ0n) is 26.4. The second-order valence-electron chi connectivity index (χ2n) is 12.0. The van der Waals surface area contributed by atoms with E-state index in [1.54, 1.807) is 0 Å². The third-order valence-corrected chi connectivity index (χ3v) is 8.10. The lowest BCUT2D eigenvalue weighted by atomic mass is 10.0. The number of unbranched alkanes of at least 4 members (excludes halogenated alkanes) is 27. The molecule has 0 heterocycles. The van der Waals surface area contributed by atoms with Gasteiger partial charge in [0.2, 0.25) is 0 Å². The first-order valence-corrected chi connectivity index (χ1v) is 17.6. The molecule has 0 bridgehead atoms. The van der Waals surface area contributed by atoms with Crippen molar-refractivity contribution in [3.8, 4) is 0 Å². The molecule has 2 heteroatoms. The van der Waals surface area contributed by atoms with Crippen LogP contribution < -0.4 is 0 Å². The number of esters is 1. The highest BCUT2D eigenvalue weighted by Gasteiger charge is 2.08. The molecule has 226 valence electrons. The molecule has 38 heavy (non-hydrogen) atoms. The fourth-order valence-electron chi connectivity index (χ4n) is 5.38. The Balaban J connectivity index is 3.28. The van der Waals surface area contributed by atoms with Crippen LogP contribution >= 0.6 is 0 Å². The van der Waals surface area contributed by atoms with Crippen molar-refractivity contribution in [2.24, 2.45) is 0 Å². The number of rotatable bonds is 32. The van der Waals surface area contributed by atoms with E-state index in [1.807, 2.05) is 0 Å². The zero-order chi connectivity index (χ0) is 27.8. The molecule has 0 N–H and O–H groups in total. The van der Waals surface area contributed by atoms with Gasteiger partial charge in [-0.25, -0.2) is 4.79 Å². The lowest BCUT2D eigenvalue weighted by Gasteiger charge is -2.07. The molecule has 0 aliphatic rings. The minimum Gasteiger partial charge on any atom is -0.462 e. The standard InChI is InChI=1S/C36H70O2/c1-4-6-8-10-12-14-16-18-20-21-23-25-27-29-31-33-35(3)36(37)38-34-32-30-28-26-24-22-19-17-15-13-11-9-7-5-2/h3-34H2,1-2H3. The third kappa shape index (κ3) is 29.8. The largest absolute Gasteiger partial charge is 0.462 e. The molecule has 0 fully saturated rings. The zero-order valence-corrected chi connectivity index (χ0v) is 26.4. The predicted molar refractivity (Wildman–Crippen MR) is 170 cm³/mol. The van der Waals surface area contributed by atoms with Crippen LogP contribution in [0.4, 0.5) is 0 Å². The van der Waals surface area contributed by atoms with Crippen LogP contribution in [-0.4, -0.2) is 12.6 Å². The van der Waals surface area contributed by atoms with E-state index in [1.165, 1.54) is 173 Å². The third-order valence-electron chi connectivity index (χ3n) is 8.10. The van der Waals surface area contributed by atoms with Gasteiger partial charge in [-0.15, -0.1) is 0 Å². The minimum atomic E-state index is -0.162. The number of hydrogen-bond donors (Lipinski definition) is 0. The fraction of sp³-hybridized carbons (Fsp3) is 0.917. The molecule has 0 aromatic rings. The van der Waals surface area contributed by atoms with E-state index < -0.39 is 0 Å². The Morgan fingerprint density at radius 2 is 0.684 bits per heavy atom. The molecular formula is C36H70O2. The highest BCUT2D eigenvalue weighted by atomic mass is 16.5. The van der Waals surface area contributed by atoms with Gasteiger partial charge >= 0.3 is 5.97 Å². The molecule has 0 atom stereocenters. The van der Waals surface area contributed by atoms with Crippen molar-refractivity contribution in [3.05, 3.63) is 12.2 Å². The molecule has 0 saturated heterocycles. The van der Waals surface area contributed by atoms with E-state index in [9.17, 15) is 4.79 Å². The number of carbonyl (C=O) groups is 1. The van der Waals surface area contributed by atoms with Crippen molar-refractivity contribution < 1.29 is 9.53 Å². The minimum absolute atomic E-state index is 0.162. The summed E-state index contributed by atoms with van der Waals surface area (Å²) >= 11 is 0. The Morgan fingerprint density at radius 1 is 0.421 bits per heavy atom. The summed E-state index contributed by atoms with van der Waals surface area (Å²) in [5.41, 5.74) is 0.671. The van der Waals surface area contributed by atoms with Gasteiger partial charge in [0, 0.05) is 5.57 Å². The van der Waals surface area contributed by atoms with Crippen LogP contribution in [-0.2, 0) is 9.53 Å². The molecule has 0 amide bonds. The summed E-state index contributed by atoms with van der Waals surface area (Å²) in [5, 5.41) is 0. The molecule has 0 saturated carbocycles. The molecule has 0 rings (SSSR count). The monoisotopic (exact) mass is 535 g/mol. The average molecular weight is 535 g/mol. The molecule has 0 radical (unpaired) electrons. The Kier molecular flexibility index (Phi) is 31.7. The average Bonchev–Trinajstić information content (AvgIpc) is 2.92. The maximum atomic E-state index is 12.1. The van der Waals surface area contributed by atoms with Crippen molar-refractivity contribution in [2.45, 2.75) is 206 Å². The molecular weight excluding hydrogens is 464 g/mol. The Hall–Kier alpha value is -0.790. The van der Waals surface area contributed by atoms with Crippen molar-refractivity contribution in [2.75, 3.05) is 6.61 Å². The van der Waals surface area contributed by atoms with E-state index in [0.29, 0.717) is 12.2 Å². The van der Waals surface area contributed by atoms with Gasteiger partial charge in [0.25, 0.3) is 0 Å². The normalized spacial score (nSPS) is 11.2. The second-order valence-corrected chi connectivity index (χ2v) is 12.0. The molecule has 0 aliphatic heterocycles. The lowest BCUT2D eigenvalue weighted by Crippen LogP contribution is -2.08. The van der Waals surface area contributed by atoms with Crippen LogP contribution in [0.25, 0.3) is 0 Å². The fourth-order valence-corrected chi connectivity index (χ4v) is 5.38. The van der Waals surface area contributed by atoms with Gasteiger partial charge in [-0.3, -0.25) is 0 Å². The number of hydrogen-bond acceptors (Lipinski definition) is 2. The van der Waals surface area contributed by atoms with E-state index in [2.05, 4.69) is 20.4 Å². The molecule has 0 spiro atoms. The highest BCUT2D eigenvalue weighted by Crippen LogP contribution is 2.16. The summed E-state index contributed by atoms with van der Waals surface area (Å²) in [4.78, 5) is 12.1. The van der Waals surface area contributed by atoms with Gasteiger partial charge in [0.05, 0.1) is 6.61 Å². The molecule has 0 aliphatic carbocycles. The summed E-state index contributed by atoms with van der Waals surface area (Å²) in [6, 6.07) is 0. The second kappa shape index (κ2) is 32.4. The van der Waals surface area contributed by atoms with Crippen LogP contribution in [0.2, 0.25) is 0 Å². The van der Waals surface area contributed by atoms with Crippen LogP contribution in [0.1, 0.15) is 206 Å². The van der Waals surface area contributed by atoms with E-state index in [0.717, 1.165) is 19.3 Å². The summed E-state index contributed by atoms with van der Waals surface area (Å²) in [6.07, 6.45) is 40.1. The van der Waals surface area contributed by atoms with Gasteiger partial charge in [-0.2, -0.15) is 0 Å². The van der Waals surface area contributed by atoms with Crippen molar-refractivity contribution in [1.29, 1.82) is 0 Å².